The minimum atomic E-state index is 0.306. The first-order valence-electron chi connectivity index (χ1n) is 7.71. The van der Waals surface area contributed by atoms with Crippen molar-refractivity contribution in [3.63, 3.8) is 0 Å². The molecule has 3 heteroatoms. The molecule has 1 unspecified atom stereocenters. The predicted octanol–water partition coefficient (Wildman–Crippen LogP) is 3.42. The molecule has 0 saturated carbocycles. The van der Waals surface area contributed by atoms with Crippen molar-refractivity contribution in [2.75, 3.05) is 6.54 Å². The van der Waals surface area contributed by atoms with Crippen LogP contribution < -0.4 is 5.32 Å². The van der Waals surface area contributed by atoms with Crippen LogP contribution in [-0.4, -0.2) is 22.4 Å². The Morgan fingerprint density at radius 3 is 2.42 bits per heavy atom. The van der Waals surface area contributed by atoms with E-state index in [4.69, 9.17) is 0 Å². The van der Waals surface area contributed by atoms with Gasteiger partial charge in [-0.15, -0.1) is 0 Å². The van der Waals surface area contributed by atoms with E-state index in [1.165, 1.54) is 17.8 Å². The number of hydrogen-bond acceptors (Lipinski definition) is 2. The summed E-state index contributed by atoms with van der Waals surface area (Å²) in [5, 5.41) is 8.25. The molecule has 0 saturated heterocycles. The Hall–Kier alpha value is -0.830. The Morgan fingerprint density at radius 2 is 1.95 bits per heavy atom. The van der Waals surface area contributed by atoms with Crippen LogP contribution in [0.2, 0.25) is 0 Å². The smallest absolute Gasteiger partial charge is 0.0624 e. The SMILES string of the molecule is CCNC(CCc1cc(CC)nn1CC)C(C)(C)C. The fourth-order valence-electron chi connectivity index (χ4n) is 2.54. The Labute approximate surface area is 118 Å². The van der Waals surface area contributed by atoms with Gasteiger partial charge in [-0.2, -0.15) is 5.10 Å². The maximum Gasteiger partial charge on any atom is 0.0624 e. The Kier molecular flexibility index (Phi) is 6.05. The molecule has 0 bridgehead atoms. The van der Waals surface area contributed by atoms with Crippen LogP contribution in [0.15, 0.2) is 6.07 Å². The van der Waals surface area contributed by atoms with Gasteiger partial charge in [0.05, 0.1) is 5.69 Å². The van der Waals surface area contributed by atoms with Gasteiger partial charge in [-0.3, -0.25) is 4.68 Å². The zero-order valence-electron chi connectivity index (χ0n) is 13.6. The van der Waals surface area contributed by atoms with E-state index in [9.17, 15) is 0 Å². The molecule has 1 aromatic rings. The Bertz CT molecular complexity index is 374. The summed E-state index contributed by atoms with van der Waals surface area (Å²) in [6, 6.07) is 2.83. The second-order valence-corrected chi connectivity index (χ2v) is 6.31. The summed E-state index contributed by atoms with van der Waals surface area (Å²) in [6.45, 7) is 15.5. The van der Waals surface area contributed by atoms with Gasteiger partial charge >= 0.3 is 0 Å². The van der Waals surface area contributed by atoms with Crippen LogP contribution in [0.3, 0.4) is 0 Å². The molecule has 0 amide bonds. The molecular weight excluding hydrogens is 234 g/mol. The molecule has 0 radical (unpaired) electrons. The van der Waals surface area contributed by atoms with Crippen molar-refractivity contribution in [3.8, 4) is 0 Å². The standard InChI is InChI=1S/C16H31N3/c1-7-13-12-14(19(9-3)18-13)10-11-15(17-8-2)16(4,5)6/h12,15,17H,7-11H2,1-6H3. The van der Waals surface area contributed by atoms with Crippen molar-refractivity contribution in [3.05, 3.63) is 17.5 Å². The number of hydrogen-bond donors (Lipinski definition) is 1. The van der Waals surface area contributed by atoms with Gasteiger partial charge in [-0.25, -0.2) is 0 Å². The average molecular weight is 265 g/mol. The van der Waals surface area contributed by atoms with Crippen molar-refractivity contribution in [2.45, 2.75) is 73.4 Å². The van der Waals surface area contributed by atoms with Crippen molar-refractivity contribution < 1.29 is 0 Å². The number of aryl methyl sites for hydroxylation is 3. The molecule has 0 aliphatic heterocycles. The van der Waals surface area contributed by atoms with E-state index in [0.717, 1.165) is 25.9 Å². The molecule has 0 fully saturated rings. The van der Waals surface area contributed by atoms with Crippen molar-refractivity contribution in [1.82, 2.24) is 15.1 Å². The van der Waals surface area contributed by atoms with Gasteiger partial charge in [0.2, 0.25) is 0 Å². The van der Waals surface area contributed by atoms with Gasteiger partial charge in [0.15, 0.2) is 0 Å². The lowest BCUT2D eigenvalue weighted by Gasteiger charge is -2.31. The number of nitrogens with zero attached hydrogens (tertiary/aromatic N) is 2. The highest BCUT2D eigenvalue weighted by atomic mass is 15.3. The molecule has 0 spiro atoms. The van der Waals surface area contributed by atoms with Crippen molar-refractivity contribution in [1.29, 1.82) is 0 Å². The molecule has 19 heavy (non-hydrogen) atoms. The summed E-state index contributed by atoms with van der Waals surface area (Å²) in [5.74, 6) is 0. The normalized spacial score (nSPS) is 13.8. The van der Waals surface area contributed by atoms with Gasteiger partial charge < -0.3 is 5.32 Å². The summed E-state index contributed by atoms with van der Waals surface area (Å²) in [6.07, 6.45) is 3.30. The molecule has 1 atom stereocenters. The molecule has 0 aliphatic carbocycles. The third-order valence-electron chi connectivity index (χ3n) is 3.76. The largest absolute Gasteiger partial charge is 0.314 e. The fourth-order valence-corrected chi connectivity index (χ4v) is 2.54. The minimum absolute atomic E-state index is 0.306. The van der Waals surface area contributed by atoms with Crippen molar-refractivity contribution in [2.24, 2.45) is 5.41 Å². The van der Waals surface area contributed by atoms with Crippen LogP contribution >= 0.6 is 0 Å². The predicted molar refractivity (Wildman–Crippen MR) is 82.5 cm³/mol. The molecule has 0 aliphatic rings. The first kappa shape index (κ1) is 16.2. The molecular formula is C16H31N3. The summed E-state index contributed by atoms with van der Waals surface area (Å²) in [5.41, 5.74) is 2.90. The second-order valence-electron chi connectivity index (χ2n) is 6.31. The maximum atomic E-state index is 4.63. The van der Waals surface area contributed by atoms with Gasteiger partial charge in [-0.1, -0.05) is 34.6 Å². The molecule has 1 heterocycles. The number of rotatable bonds is 7. The lowest BCUT2D eigenvalue weighted by atomic mass is 9.83. The van der Waals surface area contributed by atoms with E-state index in [0.29, 0.717) is 11.5 Å². The highest BCUT2D eigenvalue weighted by Gasteiger charge is 2.23. The Balaban J connectivity index is 2.70. The highest BCUT2D eigenvalue weighted by Crippen LogP contribution is 2.23. The third-order valence-corrected chi connectivity index (χ3v) is 3.76. The molecule has 1 N–H and O–H groups in total. The molecule has 1 aromatic heterocycles. The lowest BCUT2D eigenvalue weighted by molar-refractivity contribution is 0.257. The van der Waals surface area contributed by atoms with E-state index >= 15 is 0 Å². The third kappa shape index (κ3) is 4.64. The van der Waals surface area contributed by atoms with Crippen molar-refractivity contribution >= 4 is 0 Å². The first-order chi connectivity index (χ1) is 8.92. The summed E-state index contributed by atoms with van der Waals surface area (Å²) in [4.78, 5) is 0. The second kappa shape index (κ2) is 7.09. The fraction of sp³-hybridized carbons (Fsp3) is 0.812. The van der Waals surface area contributed by atoms with E-state index < -0.39 is 0 Å². The average Bonchev–Trinajstić information content (AvgIpc) is 2.75. The number of nitrogens with one attached hydrogen (secondary N) is 1. The van der Waals surface area contributed by atoms with Crippen LogP contribution in [0.25, 0.3) is 0 Å². The minimum Gasteiger partial charge on any atom is -0.314 e. The van der Waals surface area contributed by atoms with Crippen LogP contribution in [0, 0.1) is 5.41 Å². The maximum absolute atomic E-state index is 4.63. The highest BCUT2D eigenvalue weighted by molar-refractivity contribution is 5.11. The quantitative estimate of drug-likeness (QED) is 0.818. The lowest BCUT2D eigenvalue weighted by Crippen LogP contribution is -2.40. The molecule has 3 nitrogen and oxygen atoms in total. The molecule has 0 aromatic carbocycles. The molecule has 110 valence electrons. The summed E-state index contributed by atoms with van der Waals surface area (Å²) >= 11 is 0. The van der Waals surface area contributed by atoms with Crippen LogP contribution in [0.5, 0.6) is 0 Å². The van der Waals surface area contributed by atoms with Crippen LogP contribution in [0.1, 0.15) is 59.4 Å². The monoisotopic (exact) mass is 265 g/mol. The van der Waals surface area contributed by atoms with E-state index in [1.54, 1.807) is 0 Å². The van der Waals surface area contributed by atoms with Crippen LogP contribution in [0.4, 0.5) is 0 Å². The summed E-state index contributed by atoms with van der Waals surface area (Å²) < 4.78 is 2.16. The van der Waals surface area contributed by atoms with Gasteiger partial charge in [0.25, 0.3) is 0 Å². The van der Waals surface area contributed by atoms with E-state index in [2.05, 4.69) is 62.7 Å². The van der Waals surface area contributed by atoms with Crippen LogP contribution in [-0.2, 0) is 19.4 Å². The first-order valence-corrected chi connectivity index (χ1v) is 7.71. The van der Waals surface area contributed by atoms with E-state index in [1.807, 2.05) is 0 Å². The summed E-state index contributed by atoms with van der Waals surface area (Å²) in [7, 11) is 0. The van der Waals surface area contributed by atoms with E-state index in [-0.39, 0.29) is 0 Å². The zero-order chi connectivity index (χ0) is 14.5. The topological polar surface area (TPSA) is 29.9 Å². The zero-order valence-corrected chi connectivity index (χ0v) is 13.6. The van der Waals surface area contributed by atoms with Gasteiger partial charge in [0.1, 0.15) is 0 Å². The van der Waals surface area contributed by atoms with Gasteiger partial charge in [-0.05, 0) is 44.2 Å². The molecule has 1 rings (SSSR count). The number of aromatic nitrogens is 2. The Morgan fingerprint density at radius 1 is 1.26 bits per heavy atom. The van der Waals surface area contributed by atoms with Gasteiger partial charge in [0, 0.05) is 18.3 Å².